The molecule has 1 atom stereocenters. The van der Waals surface area contributed by atoms with Crippen LogP contribution >= 0.6 is 15.9 Å². The maximum atomic E-state index is 5.67. The number of nitrogens with zero attached hydrogens (tertiary/aromatic N) is 3. The van der Waals surface area contributed by atoms with Crippen molar-refractivity contribution in [1.82, 2.24) is 20.2 Å². The fourth-order valence-corrected chi connectivity index (χ4v) is 2.64. The first-order valence-corrected chi connectivity index (χ1v) is 8.08. The minimum Gasteiger partial charge on any atom is -0.271 e. The summed E-state index contributed by atoms with van der Waals surface area (Å²) in [5, 5.41) is 4.67. The Morgan fingerprint density at radius 3 is 2.62 bits per heavy atom. The standard InChI is InChI=1S/C15H22BrN5/c1-3-13(4-2)21-8-7-12(20-21)9-15(19-17)14-6-5-11(16)10-18-14/h5-8,10,13,15,19H,3-4,9,17H2,1-2H3. The smallest absolute Gasteiger partial charge is 0.0688 e. The fraction of sp³-hybridized carbons (Fsp3) is 0.467. The second-order valence-electron chi connectivity index (χ2n) is 5.08. The zero-order chi connectivity index (χ0) is 15.2. The van der Waals surface area contributed by atoms with Crippen LogP contribution in [0.2, 0.25) is 0 Å². The highest BCUT2D eigenvalue weighted by molar-refractivity contribution is 9.10. The lowest BCUT2D eigenvalue weighted by molar-refractivity contribution is 0.422. The molecule has 0 aliphatic heterocycles. The Kier molecular flexibility index (Phi) is 5.90. The van der Waals surface area contributed by atoms with E-state index in [0.717, 1.165) is 35.1 Å². The first-order chi connectivity index (χ1) is 10.2. The Bertz CT molecular complexity index is 547. The number of halogens is 1. The highest BCUT2D eigenvalue weighted by Crippen LogP contribution is 2.19. The molecule has 114 valence electrons. The largest absolute Gasteiger partial charge is 0.271 e. The van der Waals surface area contributed by atoms with Crippen molar-refractivity contribution in [3.05, 3.63) is 46.5 Å². The van der Waals surface area contributed by atoms with Gasteiger partial charge < -0.3 is 0 Å². The molecule has 0 aliphatic carbocycles. The van der Waals surface area contributed by atoms with Crippen LogP contribution in [0.4, 0.5) is 0 Å². The number of nitrogens with one attached hydrogen (secondary N) is 1. The minimum absolute atomic E-state index is 0.0387. The van der Waals surface area contributed by atoms with Crippen molar-refractivity contribution in [3.8, 4) is 0 Å². The van der Waals surface area contributed by atoms with Crippen molar-refractivity contribution in [1.29, 1.82) is 0 Å². The Morgan fingerprint density at radius 2 is 2.05 bits per heavy atom. The van der Waals surface area contributed by atoms with Gasteiger partial charge in [0, 0.05) is 23.3 Å². The van der Waals surface area contributed by atoms with Crippen LogP contribution in [0.25, 0.3) is 0 Å². The quantitative estimate of drug-likeness (QED) is 0.593. The molecule has 3 N–H and O–H groups in total. The molecule has 0 aliphatic rings. The van der Waals surface area contributed by atoms with E-state index in [1.807, 2.05) is 12.1 Å². The molecule has 0 saturated heterocycles. The summed E-state index contributed by atoms with van der Waals surface area (Å²) in [6.45, 7) is 4.37. The zero-order valence-electron chi connectivity index (χ0n) is 12.5. The molecule has 2 heterocycles. The van der Waals surface area contributed by atoms with Crippen LogP contribution in [-0.2, 0) is 6.42 Å². The molecular formula is C15H22BrN5. The van der Waals surface area contributed by atoms with Crippen molar-refractivity contribution < 1.29 is 0 Å². The fourth-order valence-electron chi connectivity index (χ4n) is 2.40. The number of hydrogen-bond acceptors (Lipinski definition) is 4. The summed E-state index contributed by atoms with van der Waals surface area (Å²) in [4.78, 5) is 4.40. The predicted octanol–water partition coefficient (Wildman–Crippen LogP) is 3.15. The zero-order valence-corrected chi connectivity index (χ0v) is 14.0. The Labute approximate surface area is 134 Å². The Hall–Kier alpha value is -1.24. The molecule has 0 aromatic carbocycles. The van der Waals surface area contributed by atoms with E-state index in [0.29, 0.717) is 6.04 Å². The molecule has 0 fully saturated rings. The van der Waals surface area contributed by atoms with Crippen LogP contribution in [0.5, 0.6) is 0 Å². The van der Waals surface area contributed by atoms with E-state index < -0.39 is 0 Å². The van der Waals surface area contributed by atoms with Gasteiger partial charge in [0.15, 0.2) is 0 Å². The van der Waals surface area contributed by atoms with E-state index in [1.54, 1.807) is 6.20 Å². The van der Waals surface area contributed by atoms with Crippen LogP contribution in [-0.4, -0.2) is 14.8 Å². The monoisotopic (exact) mass is 351 g/mol. The predicted molar refractivity (Wildman–Crippen MR) is 87.6 cm³/mol. The lowest BCUT2D eigenvalue weighted by Crippen LogP contribution is -2.30. The number of hydrogen-bond donors (Lipinski definition) is 2. The molecule has 0 radical (unpaired) electrons. The van der Waals surface area contributed by atoms with Crippen LogP contribution in [0.1, 0.15) is 50.2 Å². The first-order valence-electron chi connectivity index (χ1n) is 7.29. The average Bonchev–Trinajstić information content (AvgIpc) is 2.96. The second-order valence-corrected chi connectivity index (χ2v) is 6.00. The number of nitrogens with two attached hydrogens (primary N) is 1. The molecule has 5 nitrogen and oxygen atoms in total. The summed E-state index contributed by atoms with van der Waals surface area (Å²) < 4.78 is 3.01. The van der Waals surface area contributed by atoms with E-state index in [-0.39, 0.29) is 6.04 Å². The molecule has 0 spiro atoms. The third kappa shape index (κ3) is 4.12. The SMILES string of the molecule is CCC(CC)n1ccc(CC(NN)c2ccc(Br)cn2)n1. The Balaban J connectivity index is 2.10. The lowest BCUT2D eigenvalue weighted by Gasteiger charge is -2.15. The van der Waals surface area contributed by atoms with Gasteiger partial charge in [0.05, 0.1) is 23.5 Å². The highest BCUT2D eigenvalue weighted by Gasteiger charge is 2.15. The normalized spacial score (nSPS) is 12.8. The van der Waals surface area contributed by atoms with Gasteiger partial charge in [0.2, 0.25) is 0 Å². The molecule has 0 bridgehead atoms. The Morgan fingerprint density at radius 1 is 1.29 bits per heavy atom. The summed E-state index contributed by atoms with van der Waals surface area (Å²) >= 11 is 3.39. The summed E-state index contributed by atoms with van der Waals surface area (Å²) in [6.07, 6.45) is 6.73. The maximum absolute atomic E-state index is 5.67. The molecular weight excluding hydrogens is 330 g/mol. The van der Waals surface area contributed by atoms with E-state index >= 15 is 0 Å². The van der Waals surface area contributed by atoms with Crippen molar-refractivity contribution in [2.24, 2.45) is 5.84 Å². The van der Waals surface area contributed by atoms with Gasteiger partial charge in [0.1, 0.15) is 0 Å². The highest BCUT2D eigenvalue weighted by atomic mass is 79.9. The van der Waals surface area contributed by atoms with Gasteiger partial charge in [-0.05, 0) is 47.0 Å². The molecule has 6 heteroatoms. The van der Waals surface area contributed by atoms with Crippen molar-refractivity contribution in [2.45, 2.75) is 45.2 Å². The third-order valence-electron chi connectivity index (χ3n) is 3.70. The van der Waals surface area contributed by atoms with Gasteiger partial charge in [-0.3, -0.25) is 20.9 Å². The van der Waals surface area contributed by atoms with Gasteiger partial charge in [-0.25, -0.2) is 0 Å². The second kappa shape index (κ2) is 7.68. The van der Waals surface area contributed by atoms with Gasteiger partial charge >= 0.3 is 0 Å². The van der Waals surface area contributed by atoms with Gasteiger partial charge in [0.25, 0.3) is 0 Å². The van der Waals surface area contributed by atoms with Crippen LogP contribution in [0.3, 0.4) is 0 Å². The van der Waals surface area contributed by atoms with E-state index in [9.17, 15) is 0 Å². The summed E-state index contributed by atoms with van der Waals surface area (Å²) in [5.74, 6) is 5.67. The van der Waals surface area contributed by atoms with E-state index in [1.165, 1.54) is 0 Å². The van der Waals surface area contributed by atoms with E-state index in [4.69, 9.17) is 5.84 Å². The number of aromatic nitrogens is 3. The van der Waals surface area contributed by atoms with Gasteiger partial charge in [-0.2, -0.15) is 5.10 Å². The molecule has 0 amide bonds. The van der Waals surface area contributed by atoms with Crippen molar-refractivity contribution >= 4 is 15.9 Å². The molecule has 1 unspecified atom stereocenters. The first kappa shape index (κ1) is 16.1. The maximum Gasteiger partial charge on any atom is 0.0688 e. The van der Waals surface area contributed by atoms with Crippen molar-refractivity contribution in [2.75, 3.05) is 0 Å². The third-order valence-corrected chi connectivity index (χ3v) is 4.17. The van der Waals surface area contributed by atoms with Crippen molar-refractivity contribution in [3.63, 3.8) is 0 Å². The summed E-state index contributed by atoms with van der Waals surface area (Å²) in [5.41, 5.74) is 4.76. The number of hydrazine groups is 1. The lowest BCUT2D eigenvalue weighted by atomic mass is 10.1. The molecule has 2 rings (SSSR count). The molecule has 21 heavy (non-hydrogen) atoms. The molecule has 2 aromatic heterocycles. The molecule has 2 aromatic rings. The number of pyridine rings is 1. The minimum atomic E-state index is -0.0387. The van der Waals surface area contributed by atoms with Crippen LogP contribution in [0, 0.1) is 0 Å². The summed E-state index contributed by atoms with van der Waals surface area (Å²) in [6, 6.07) is 6.42. The van der Waals surface area contributed by atoms with E-state index in [2.05, 4.69) is 62.2 Å². The van der Waals surface area contributed by atoms with Crippen LogP contribution < -0.4 is 11.3 Å². The average molecular weight is 352 g/mol. The summed E-state index contributed by atoms with van der Waals surface area (Å²) in [7, 11) is 0. The van der Waals surface area contributed by atoms with Gasteiger partial charge in [-0.1, -0.05) is 13.8 Å². The van der Waals surface area contributed by atoms with Crippen LogP contribution in [0.15, 0.2) is 35.1 Å². The topological polar surface area (TPSA) is 68.8 Å². The number of rotatable bonds is 7. The van der Waals surface area contributed by atoms with Gasteiger partial charge in [-0.15, -0.1) is 0 Å². The molecule has 0 saturated carbocycles.